The number of hydrogen-bond acceptors (Lipinski definition) is 0. The van der Waals surface area contributed by atoms with E-state index in [1.165, 1.54) is 0 Å². The van der Waals surface area contributed by atoms with E-state index >= 15 is 0 Å². The molecule has 1 aromatic rings. The van der Waals surface area contributed by atoms with Crippen LogP contribution in [0, 0.1) is 6.42 Å². The first-order valence-corrected chi connectivity index (χ1v) is 7.06. The second-order valence-electron chi connectivity index (χ2n) is 3.69. The van der Waals surface area contributed by atoms with Gasteiger partial charge >= 0.3 is 0 Å². The summed E-state index contributed by atoms with van der Waals surface area (Å²) in [7, 11) is 0. The average molecular weight is 333 g/mol. The molecular formula is C12H12Cl5. The van der Waals surface area contributed by atoms with Crippen molar-refractivity contribution in [2.75, 3.05) is 0 Å². The van der Waals surface area contributed by atoms with Gasteiger partial charge in [-0.2, -0.15) is 0 Å². The first-order chi connectivity index (χ1) is 7.79. The van der Waals surface area contributed by atoms with Crippen LogP contribution in [0.25, 0.3) is 0 Å². The van der Waals surface area contributed by atoms with Crippen molar-refractivity contribution in [3.8, 4) is 0 Å². The van der Waals surface area contributed by atoms with Crippen LogP contribution in [-0.2, 0) is 4.33 Å². The van der Waals surface area contributed by atoms with Gasteiger partial charge in [0.1, 0.15) is 0 Å². The van der Waals surface area contributed by atoms with Crippen LogP contribution in [0.3, 0.4) is 0 Å². The molecule has 1 rings (SSSR count). The molecule has 0 aliphatic heterocycles. The van der Waals surface area contributed by atoms with Crippen molar-refractivity contribution >= 4 is 58.0 Å². The highest BCUT2D eigenvalue weighted by Gasteiger charge is 2.47. The monoisotopic (exact) mass is 331 g/mol. The van der Waals surface area contributed by atoms with E-state index in [2.05, 4.69) is 13.3 Å². The van der Waals surface area contributed by atoms with E-state index in [0.717, 1.165) is 18.4 Å². The lowest BCUT2D eigenvalue weighted by atomic mass is 10.0. The molecule has 0 saturated heterocycles. The molecule has 1 aromatic carbocycles. The normalized spacial score (nSPS) is 12.8. The standard InChI is InChI=1S/C12H12Cl5/c1-2-3-4-9-5-7-10(8-6-9)11(13,14)12(15,16)17/h4-8H,2-3H2,1H3. The summed E-state index contributed by atoms with van der Waals surface area (Å²) in [6.07, 6.45) is 4.25. The van der Waals surface area contributed by atoms with Gasteiger partial charge in [-0.25, -0.2) is 0 Å². The fourth-order valence-electron chi connectivity index (χ4n) is 1.30. The van der Waals surface area contributed by atoms with Gasteiger partial charge in [-0.15, -0.1) is 0 Å². The van der Waals surface area contributed by atoms with Crippen molar-refractivity contribution in [1.82, 2.24) is 0 Å². The van der Waals surface area contributed by atoms with Crippen molar-refractivity contribution in [3.63, 3.8) is 0 Å². The summed E-state index contributed by atoms with van der Waals surface area (Å²) in [5.41, 5.74) is 1.67. The van der Waals surface area contributed by atoms with Crippen LogP contribution in [-0.4, -0.2) is 3.79 Å². The Bertz CT molecular complexity index is 350. The Morgan fingerprint density at radius 3 is 1.94 bits per heavy atom. The zero-order valence-electron chi connectivity index (χ0n) is 9.19. The lowest BCUT2D eigenvalue weighted by Gasteiger charge is -2.27. The van der Waals surface area contributed by atoms with Crippen LogP contribution >= 0.6 is 58.0 Å². The van der Waals surface area contributed by atoms with Crippen LogP contribution in [0.4, 0.5) is 0 Å². The Hall–Kier alpha value is 0.670. The summed E-state index contributed by atoms with van der Waals surface area (Å²) in [6, 6.07) is 7.34. The second-order valence-corrected chi connectivity index (χ2v) is 7.30. The van der Waals surface area contributed by atoms with Gasteiger partial charge in [0.2, 0.25) is 3.79 Å². The van der Waals surface area contributed by atoms with Crippen LogP contribution in [0.2, 0.25) is 0 Å². The summed E-state index contributed by atoms with van der Waals surface area (Å²) < 4.78 is -3.33. The summed E-state index contributed by atoms with van der Waals surface area (Å²) >= 11 is 29.3. The molecule has 0 bridgehead atoms. The topological polar surface area (TPSA) is 0 Å². The molecule has 0 aromatic heterocycles. The van der Waals surface area contributed by atoms with Gasteiger partial charge in [-0.05, 0) is 24.0 Å². The van der Waals surface area contributed by atoms with Crippen LogP contribution in [0.1, 0.15) is 30.9 Å². The Labute approximate surface area is 127 Å². The molecule has 0 aliphatic carbocycles. The van der Waals surface area contributed by atoms with Gasteiger partial charge in [-0.3, -0.25) is 0 Å². The molecule has 0 N–H and O–H groups in total. The lowest BCUT2D eigenvalue weighted by Crippen LogP contribution is -2.28. The predicted octanol–water partition coefficient (Wildman–Crippen LogP) is 6.04. The third-order valence-electron chi connectivity index (χ3n) is 2.30. The molecule has 0 fully saturated rings. The Morgan fingerprint density at radius 2 is 1.53 bits per heavy atom. The number of alkyl halides is 5. The molecule has 1 radical (unpaired) electrons. The number of hydrogen-bond donors (Lipinski definition) is 0. The highest BCUT2D eigenvalue weighted by atomic mass is 35.6. The molecule has 0 nitrogen and oxygen atoms in total. The molecule has 0 spiro atoms. The minimum absolute atomic E-state index is 0.564. The summed E-state index contributed by atoms with van der Waals surface area (Å²) in [4.78, 5) is 0. The minimum Gasteiger partial charge on any atom is -0.0915 e. The fraction of sp³-hybridized carbons (Fsp3) is 0.417. The average Bonchev–Trinajstić information content (AvgIpc) is 2.25. The molecule has 95 valence electrons. The highest BCUT2D eigenvalue weighted by Crippen LogP contribution is 2.52. The van der Waals surface area contributed by atoms with Crippen LogP contribution in [0.5, 0.6) is 0 Å². The Morgan fingerprint density at radius 1 is 1.00 bits per heavy atom. The Kier molecular flexibility index (Phi) is 5.75. The smallest absolute Gasteiger partial charge is 0.0915 e. The minimum atomic E-state index is -1.77. The van der Waals surface area contributed by atoms with E-state index in [0.29, 0.717) is 5.56 Å². The van der Waals surface area contributed by atoms with Gasteiger partial charge in [0.05, 0.1) is 0 Å². The summed E-state index contributed by atoms with van der Waals surface area (Å²) in [5.74, 6) is 0. The van der Waals surface area contributed by atoms with Crippen LogP contribution in [0.15, 0.2) is 24.3 Å². The summed E-state index contributed by atoms with van der Waals surface area (Å²) in [6.45, 7) is 2.12. The van der Waals surface area contributed by atoms with E-state index in [9.17, 15) is 0 Å². The van der Waals surface area contributed by atoms with Gasteiger partial charge in [0.15, 0.2) is 4.33 Å². The zero-order chi connectivity index (χ0) is 13.1. The first kappa shape index (κ1) is 15.7. The predicted molar refractivity (Wildman–Crippen MR) is 78.4 cm³/mol. The maximum atomic E-state index is 6.05. The van der Waals surface area contributed by atoms with E-state index in [4.69, 9.17) is 58.0 Å². The van der Waals surface area contributed by atoms with E-state index in [1.807, 2.05) is 12.1 Å². The number of benzene rings is 1. The molecule has 0 saturated carbocycles. The lowest BCUT2D eigenvalue weighted by molar-refractivity contribution is 0.875. The zero-order valence-corrected chi connectivity index (χ0v) is 13.0. The fourth-order valence-corrected chi connectivity index (χ4v) is 1.88. The third-order valence-corrected chi connectivity index (χ3v) is 4.73. The molecule has 0 heterocycles. The molecule has 0 unspecified atom stereocenters. The van der Waals surface area contributed by atoms with Crippen molar-refractivity contribution < 1.29 is 0 Å². The molecule has 0 amide bonds. The van der Waals surface area contributed by atoms with Crippen molar-refractivity contribution in [2.45, 2.75) is 27.9 Å². The number of rotatable bonds is 4. The van der Waals surface area contributed by atoms with Gasteiger partial charge in [-0.1, -0.05) is 95.6 Å². The first-order valence-electron chi connectivity index (χ1n) is 5.17. The maximum absolute atomic E-state index is 6.05. The van der Waals surface area contributed by atoms with E-state index in [-0.39, 0.29) is 0 Å². The van der Waals surface area contributed by atoms with Crippen molar-refractivity contribution in [1.29, 1.82) is 0 Å². The van der Waals surface area contributed by atoms with Gasteiger partial charge in [0.25, 0.3) is 0 Å². The highest BCUT2D eigenvalue weighted by molar-refractivity contribution is 6.75. The quantitative estimate of drug-likeness (QED) is 0.589. The SMILES string of the molecule is CCC[CH]c1ccc(C(Cl)(Cl)C(Cl)(Cl)Cl)cc1. The van der Waals surface area contributed by atoms with Gasteiger partial charge < -0.3 is 0 Å². The molecular weight excluding hydrogens is 321 g/mol. The largest absolute Gasteiger partial charge is 0.227 e. The molecule has 0 aliphatic rings. The van der Waals surface area contributed by atoms with Crippen molar-refractivity contribution in [3.05, 3.63) is 41.8 Å². The van der Waals surface area contributed by atoms with Crippen molar-refractivity contribution in [2.24, 2.45) is 0 Å². The summed E-state index contributed by atoms with van der Waals surface area (Å²) in [5, 5.41) is 0. The molecule has 0 atom stereocenters. The number of unbranched alkanes of at least 4 members (excludes halogenated alkanes) is 1. The number of halogens is 5. The molecule has 5 heteroatoms. The Balaban J connectivity index is 2.87. The third kappa shape index (κ3) is 4.08. The van der Waals surface area contributed by atoms with E-state index in [1.54, 1.807) is 12.1 Å². The van der Waals surface area contributed by atoms with E-state index < -0.39 is 8.13 Å². The maximum Gasteiger partial charge on any atom is 0.227 e. The second kappa shape index (κ2) is 6.21. The van der Waals surface area contributed by atoms with Crippen LogP contribution < -0.4 is 0 Å². The van der Waals surface area contributed by atoms with Gasteiger partial charge in [0, 0.05) is 0 Å². The molecule has 17 heavy (non-hydrogen) atoms.